The van der Waals surface area contributed by atoms with E-state index in [-0.39, 0.29) is 11.5 Å². The lowest BCUT2D eigenvalue weighted by molar-refractivity contribution is 0.183. The molecule has 11 heteroatoms. The van der Waals surface area contributed by atoms with Crippen LogP contribution in [0.4, 0.5) is 11.8 Å². The lowest BCUT2D eigenvalue weighted by Crippen LogP contribution is -2.22. The average Bonchev–Trinajstić information content (AvgIpc) is 3.24. The van der Waals surface area contributed by atoms with Crippen molar-refractivity contribution in [1.82, 2.24) is 39.3 Å². The molecule has 0 radical (unpaired) electrons. The van der Waals surface area contributed by atoms with Crippen molar-refractivity contribution in [2.75, 3.05) is 18.5 Å². The van der Waals surface area contributed by atoms with Gasteiger partial charge in [-0.05, 0) is 19.3 Å². The van der Waals surface area contributed by atoms with Gasteiger partial charge in [0, 0.05) is 48.9 Å². The third-order valence-electron chi connectivity index (χ3n) is 7.24. The molecular formula is C27H31N9O2. The van der Waals surface area contributed by atoms with Gasteiger partial charge in [0.25, 0.3) is 0 Å². The van der Waals surface area contributed by atoms with Crippen molar-refractivity contribution >= 4 is 34.1 Å². The van der Waals surface area contributed by atoms with Gasteiger partial charge in [-0.1, -0.05) is 20.8 Å². The summed E-state index contributed by atoms with van der Waals surface area (Å²) in [5.41, 5.74) is 4.17. The standard InChI is InChI=1S/C27H31N9O2/c1-27(2,3)21-11-22(34-36(21)16-7-8-37-14-16)31-26-33-25-20(35(26)4)10-18(13-29-25)38-17-9-19-24(28-12-17)32-23(30-19)15-5-6-15/h9-13,15-16H,5-8,14H2,1-4H3,(H,28,30,32)(H,29,31,33,34). The largest absolute Gasteiger partial charge is 0.454 e. The first-order valence-corrected chi connectivity index (χ1v) is 13.1. The SMILES string of the molecule is Cn1c(Nc2cc(C(C)(C)C)n(C3CCOC3)n2)nc2ncc(Oc3cnc4nc(C5CC5)[nH]c4c3)cc21. The molecule has 1 saturated carbocycles. The van der Waals surface area contributed by atoms with Crippen molar-refractivity contribution in [1.29, 1.82) is 0 Å². The zero-order chi connectivity index (χ0) is 26.0. The van der Waals surface area contributed by atoms with Gasteiger partial charge in [-0.2, -0.15) is 10.1 Å². The van der Waals surface area contributed by atoms with Gasteiger partial charge < -0.3 is 24.3 Å². The fraction of sp³-hybridized carbons (Fsp3) is 0.444. The Morgan fingerprint density at radius 3 is 2.55 bits per heavy atom. The minimum absolute atomic E-state index is 0.0524. The Balaban J connectivity index is 1.15. The molecule has 6 heterocycles. The van der Waals surface area contributed by atoms with Gasteiger partial charge in [0.05, 0.1) is 36.1 Å². The van der Waals surface area contributed by atoms with Crippen LogP contribution in [-0.2, 0) is 17.2 Å². The van der Waals surface area contributed by atoms with Crippen molar-refractivity contribution in [2.24, 2.45) is 7.05 Å². The number of imidazole rings is 2. The van der Waals surface area contributed by atoms with E-state index in [1.54, 1.807) is 12.4 Å². The molecule has 196 valence electrons. The van der Waals surface area contributed by atoms with Crippen LogP contribution in [0, 0.1) is 0 Å². The average molecular weight is 514 g/mol. The normalized spacial score (nSPS) is 18.1. The maximum absolute atomic E-state index is 6.11. The second-order valence-corrected chi connectivity index (χ2v) is 11.3. The van der Waals surface area contributed by atoms with Crippen molar-refractivity contribution in [3.8, 4) is 11.5 Å². The highest BCUT2D eigenvalue weighted by atomic mass is 16.5. The van der Waals surface area contributed by atoms with Gasteiger partial charge >= 0.3 is 0 Å². The van der Waals surface area contributed by atoms with E-state index in [1.165, 1.54) is 12.8 Å². The van der Waals surface area contributed by atoms with E-state index in [4.69, 9.17) is 19.6 Å². The highest BCUT2D eigenvalue weighted by Crippen LogP contribution is 2.39. The Hall–Kier alpha value is -3.99. The number of hydrogen-bond acceptors (Lipinski definition) is 8. The van der Waals surface area contributed by atoms with Crippen LogP contribution >= 0.6 is 0 Å². The predicted molar refractivity (Wildman–Crippen MR) is 143 cm³/mol. The fourth-order valence-electron chi connectivity index (χ4n) is 4.98. The number of aromatic amines is 1. The number of nitrogens with zero attached hydrogens (tertiary/aromatic N) is 7. The summed E-state index contributed by atoms with van der Waals surface area (Å²) in [5.74, 6) is 4.20. The minimum atomic E-state index is -0.0524. The van der Waals surface area contributed by atoms with Crippen molar-refractivity contribution in [3.63, 3.8) is 0 Å². The number of nitrogens with one attached hydrogen (secondary N) is 2. The van der Waals surface area contributed by atoms with Crippen LogP contribution in [0.15, 0.2) is 30.6 Å². The highest BCUT2D eigenvalue weighted by molar-refractivity contribution is 5.77. The first-order valence-electron chi connectivity index (χ1n) is 13.1. The molecule has 38 heavy (non-hydrogen) atoms. The summed E-state index contributed by atoms with van der Waals surface area (Å²) in [5, 5.41) is 8.29. The maximum atomic E-state index is 6.11. The van der Waals surface area contributed by atoms with E-state index >= 15 is 0 Å². The van der Waals surface area contributed by atoms with Gasteiger partial charge in [-0.15, -0.1) is 0 Å². The lowest BCUT2D eigenvalue weighted by atomic mass is 9.91. The molecule has 0 amide bonds. The highest BCUT2D eigenvalue weighted by Gasteiger charge is 2.29. The van der Waals surface area contributed by atoms with Gasteiger partial charge in [-0.25, -0.2) is 15.0 Å². The third kappa shape index (κ3) is 4.16. The molecule has 2 fully saturated rings. The number of anilines is 2. The molecule has 0 spiro atoms. The Labute approximate surface area is 219 Å². The molecular weight excluding hydrogens is 482 g/mol. The summed E-state index contributed by atoms with van der Waals surface area (Å²) in [6, 6.07) is 6.22. The number of ether oxygens (including phenoxy) is 2. The van der Waals surface area contributed by atoms with Crippen LogP contribution in [0.25, 0.3) is 22.3 Å². The minimum Gasteiger partial charge on any atom is -0.454 e. The van der Waals surface area contributed by atoms with E-state index in [1.807, 2.05) is 23.7 Å². The van der Waals surface area contributed by atoms with Crippen molar-refractivity contribution < 1.29 is 9.47 Å². The second kappa shape index (κ2) is 8.52. The van der Waals surface area contributed by atoms with Crippen LogP contribution in [0.5, 0.6) is 11.5 Å². The first-order chi connectivity index (χ1) is 18.3. The molecule has 0 bridgehead atoms. The van der Waals surface area contributed by atoms with E-state index in [0.717, 1.165) is 41.4 Å². The Morgan fingerprint density at radius 1 is 1.03 bits per heavy atom. The number of fused-ring (bicyclic) bond motifs is 2. The Morgan fingerprint density at radius 2 is 1.82 bits per heavy atom. The zero-order valence-electron chi connectivity index (χ0n) is 22.0. The quantitative estimate of drug-likeness (QED) is 0.321. The molecule has 5 aromatic rings. The summed E-state index contributed by atoms with van der Waals surface area (Å²) in [6.07, 6.45) is 6.71. The molecule has 1 unspecified atom stereocenters. The van der Waals surface area contributed by atoms with E-state index < -0.39 is 0 Å². The molecule has 5 aromatic heterocycles. The molecule has 2 N–H and O–H groups in total. The van der Waals surface area contributed by atoms with E-state index in [9.17, 15) is 0 Å². The molecule has 1 saturated heterocycles. The van der Waals surface area contributed by atoms with E-state index in [2.05, 4.69) is 56.8 Å². The number of rotatable bonds is 6. The van der Waals surface area contributed by atoms with Gasteiger partial charge in [0.1, 0.15) is 17.3 Å². The number of H-pyrrole nitrogens is 1. The topological polar surface area (TPSA) is 121 Å². The first kappa shape index (κ1) is 23.2. The number of aryl methyl sites for hydroxylation is 1. The maximum Gasteiger partial charge on any atom is 0.210 e. The summed E-state index contributed by atoms with van der Waals surface area (Å²) in [4.78, 5) is 21.7. The number of pyridine rings is 2. The molecule has 11 nitrogen and oxygen atoms in total. The van der Waals surface area contributed by atoms with E-state index in [0.29, 0.717) is 41.3 Å². The summed E-state index contributed by atoms with van der Waals surface area (Å²) in [7, 11) is 1.95. The van der Waals surface area contributed by atoms with Crippen molar-refractivity contribution in [2.45, 2.75) is 57.4 Å². The monoisotopic (exact) mass is 513 g/mol. The van der Waals surface area contributed by atoms with Gasteiger partial charge in [0.15, 0.2) is 17.1 Å². The van der Waals surface area contributed by atoms with Crippen LogP contribution < -0.4 is 10.1 Å². The predicted octanol–water partition coefficient (Wildman–Crippen LogP) is 5.11. The van der Waals surface area contributed by atoms with Crippen molar-refractivity contribution in [3.05, 3.63) is 42.1 Å². The molecule has 1 aliphatic heterocycles. The summed E-state index contributed by atoms with van der Waals surface area (Å²) >= 11 is 0. The zero-order valence-corrected chi connectivity index (χ0v) is 22.0. The van der Waals surface area contributed by atoms with Crippen LogP contribution in [0.3, 0.4) is 0 Å². The molecule has 0 aromatic carbocycles. The molecule has 7 rings (SSSR count). The van der Waals surface area contributed by atoms with Crippen LogP contribution in [-0.4, -0.2) is 52.5 Å². The van der Waals surface area contributed by atoms with Crippen LogP contribution in [0.1, 0.15) is 63.5 Å². The third-order valence-corrected chi connectivity index (χ3v) is 7.24. The molecule has 1 atom stereocenters. The second-order valence-electron chi connectivity index (χ2n) is 11.3. The summed E-state index contributed by atoms with van der Waals surface area (Å²) < 4.78 is 15.8. The van der Waals surface area contributed by atoms with Gasteiger partial charge in [-0.3, -0.25) is 4.68 Å². The number of aromatic nitrogens is 8. The summed E-state index contributed by atoms with van der Waals surface area (Å²) in [6.45, 7) is 8.06. The number of hydrogen-bond donors (Lipinski definition) is 2. The Bertz CT molecular complexity index is 1650. The fourth-order valence-corrected chi connectivity index (χ4v) is 4.98. The lowest BCUT2D eigenvalue weighted by Gasteiger charge is -2.22. The van der Waals surface area contributed by atoms with Gasteiger partial charge in [0.2, 0.25) is 5.95 Å². The van der Waals surface area contributed by atoms with Crippen LogP contribution in [0.2, 0.25) is 0 Å². The molecule has 2 aliphatic rings. The smallest absolute Gasteiger partial charge is 0.210 e. The Kier molecular flexibility index (Phi) is 5.19. The molecule has 1 aliphatic carbocycles.